The van der Waals surface area contributed by atoms with E-state index in [2.05, 4.69) is 10.2 Å². The second kappa shape index (κ2) is 5.62. The van der Waals surface area contributed by atoms with Crippen molar-refractivity contribution in [2.24, 2.45) is 0 Å². The molecule has 0 saturated heterocycles. The first-order chi connectivity index (χ1) is 9.43. The number of benzene rings is 1. The molecule has 0 aliphatic carbocycles. The van der Waals surface area contributed by atoms with E-state index >= 15 is 0 Å². The van der Waals surface area contributed by atoms with Gasteiger partial charge in [-0.1, -0.05) is 0 Å². The molecule has 2 rings (SSSR count). The molecular formula is C13H14FN3O2S. The summed E-state index contributed by atoms with van der Waals surface area (Å²) in [5.41, 5.74) is 0.424. The maximum absolute atomic E-state index is 13.6. The molecule has 1 N–H and O–H groups in total. The van der Waals surface area contributed by atoms with Crippen molar-refractivity contribution >= 4 is 17.5 Å². The lowest BCUT2D eigenvalue weighted by atomic mass is 10.1. The number of halogens is 1. The molecule has 20 heavy (non-hydrogen) atoms. The first-order valence-corrected chi connectivity index (χ1v) is 6.89. The minimum absolute atomic E-state index is 0.229. The van der Waals surface area contributed by atoms with Gasteiger partial charge in [0, 0.05) is 17.0 Å². The highest BCUT2D eigenvalue weighted by Crippen LogP contribution is 2.30. The molecule has 1 aromatic heterocycles. The van der Waals surface area contributed by atoms with Crippen molar-refractivity contribution in [2.75, 3.05) is 0 Å². The molecular weight excluding hydrogens is 281 g/mol. The number of hydrogen-bond donors (Lipinski definition) is 1. The Morgan fingerprint density at radius 2 is 2.20 bits per heavy atom. The normalized spacial score (nSPS) is 10.8. The maximum Gasteiger partial charge on any atom is 0.343 e. The van der Waals surface area contributed by atoms with E-state index in [1.807, 2.05) is 6.92 Å². The molecule has 0 unspecified atom stereocenters. The predicted molar refractivity (Wildman–Crippen MR) is 73.8 cm³/mol. The number of aromatic amines is 1. The molecule has 0 fully saturated rings. The highest BCUT2D eigenvalue weighted by molar-refractivity contribution is 7.99. The number of aromatic nitrogens is 3. The summed E-state index contributed by atoms with van der Waals surface area (Å²) in [6, 6.07) is 2.82. The van der Waals surface area contributed by atoms with Crippen molar-refractivity contribution in [3.8, 4) is 0 Å². The molecule has 5 nitrogen and oxygen atoms in total. The zero-order chi connectivity index (χ0) is 14.9. The topological polar surface area (TPSA) is 67.8 Å². The van der Waals surface area contributed by atoms with E-state index in [9.17, 15) is 14.0 Å². The predicted octanol–water partition coefficient (Wildman–Crippen LogP) is 2.39. The van der Waals surface area contributed by atoms with E-state index in [1.165, 1.54) is 29.3 Å². The SMILES string of the molecule is CCn1c(Sc2cc(C)c(F)cc2C(C)=O)n[nH]c1=O. The van der Waals surface area contributed by atoms with Gasteiger partial charge in [-0.05, 0) is 50.2 Å². The summed E-state index contributed by atoms with van der Waals surface area (Å²) in [4.78, 5) is 23.7. The number of nitrogens with one attached hydrogen (secondary N) is 1. The van der Waals surface area contributed by atoms with Crippen LogP contribution in [0.4, 0.5) is 4.39 Å². The van der Waals surface area contributed by atoms with Crippen molar-refractivity contribution in [1.29, 1.82) is 0 Å². The van der Waals surface area contributed by atoms with Gasteiger partial charge in [0.2, 0.25) is 0 Å². The van der Waals surface area contributed by atoms with E-state index < -0.39 is 5.82 Å². The lowest BCUT2D eigenvalue weighted by Gasteiger charge is -2.08. The van der Waals surface area contributed by atoms with Gasteiger partial charge < -0.3 is 0 Å². The first-order valence-electron chi connectivity index (χ1n) is 6.08. The van der Waals surface area contributed by atoms with Gasteiger partial charge >= 0.3 is 5.69 Å². The summed E-state index contributed by atoms with van der Waals surface area (Å²) in [7, 11) is 0. The number of carbonyl (C=O) groups excluding carboxylic acids is 1. The number of H-pyrrole nitrogens is 1. The third kappa shape index (κ3) is 2.67. The summed E-state index contributed by atoms with van der Waals surface area (Å²) in [6.45, 7) is 5.29. The van der Waals surface area contributed by atoms with Crippen molar-refractivity contribution in [2.45, 2.75) is 37.4 Å². The Morgan fingerprint density at radius 1 is 1.50 bits per heavy atom. The van der Waals surface area contributed by atoms with Gasteiger partial charge in [0.15, 0.2) is 10.9 Å². The fraction of sp³-hybridized carbons (Fsp3) is 0.308. The van der Waals surface area contributed by atoms with Gasteiger partial charge in [0.25, 0.3) is 0 Å². The quantitative estimate of drug-likeness (QED) is 0.879. The van der Waals surface area contributed by atoms with Crippen LogP contribution in [0.25, 0.3) is 0 Å². The van der Waals surface area contributed by atoms with Crippen LogP contribution in [-0.2, 0) is 6.54 Å². The van der Waals surface area contributed by atoms with Gasteiger partial charge in [-0.15, -0.1) is 5.10 Å². The molecule has 0 aliphatic rings. The Kier molecular flexibility index (Phi) is 4.08. The van der Waals surface area contributed by atoms with Crippen LogP contribution in [-0.4, -0.2) is 20.5 Å². The second-order valence-electron chi connectivity index (χ2n) is 4.31. The average Bonchev–Trinajstić information content (AvgIpc) is 2.73. The van der Waals surface area contributed by atoms with Gasteiger partial charge in [0.05, 0.1) is 0 Å². The van der Waals surface area contributed by atoms with Crippen LogP contribution in [0.3, 0.4) is 0 Å². The molecule has 106 valence electrons. The maximum atomic E-state index is 13.6. The fourth-order valence-corrected chi connectivity index (χ4v) is 2.93. The summed E-state index contributed by atoms with van der Waals surface area (Å²) >= 11 is 1.17. The van der Waals surface area contributed by atoms with Crippen LogP contribution >= 0.6 is 11.8 Å². The van der Waals surface area contributed by atoms with Gasteiger partial charge in [0.1, 0.15) is 5.82 Å². The molecule has 0 radical (unpaired) electrons. The zero-order valence-corrected chi connectivity index (χ0v) is 12.2. The number of ketones is 1. The van der Waals surface area contributed by atoms with E-state index in [4.69, 9.17) is 0 Å². The molecule has 2 aromatic rings. The van der Waals surface area contributed by atoms with Crippen molar-refractivity contribution in [3.63, 3.8) is 0 Å². The minimum Gasteiger partial charge on any atom is -0.294 e. The molecule has 1 heterocycles. The number of aryl methyl sites for hydroxylation is 1. The highest BCUT2D eigenvalue weighted by atomic mass is 32.2. The van der Waals surface area contributed by atoms with Crippen molar-refractivity contribution < 1.29 is 9.18 Å². The van der Waals surface area contributed by atoms with Gasteiger partial charge in [-0.3, -0.25) is 9.36 Å². The van der Waals surface area contributed by atoms with Crippen molar-refractivity contribution in [1.82, 2.24) is 14.8 Å². The number of rotatable bonds is 4. The zero-order valence-electron chi connectivity index (χ0n) is 11.4. The summed E-state index contributed by atoms with van der Waals surface area (Å²) < 4.78 is 15.0. The molecule has 0 atom stereocenters. The van der Waals surface area contributed by atoms with Crippen LogP contribution in [0, 0.1) is 12.7 Å². The Morgan fingerprint density at radius 3 is 2.80 bits per heavy atom. The van der Waals surface area contributed by atoms with Gasteiger partial charge in [-0.25, -0.2) is 14.3 Å². The summed E-state index contributed by atoms with van der Waals surface area (Å²) in [5, 5.41) is 6.73. The van der Waals surface area contributed by atoms with E-state index in [0.29, 0.717) is 22.2 Å². The minimum atomic E-state index is -0.422. The number of nitrogens with zero attached hydrogens (tertiary/aromatic N) is 2. The molecule has 0 bridgehead atoms. The van der Waals surface area contributed by atoms with Crippen molar-refractivity contribution in [3.05, 3.63) is 39.6 Å². The molecule has 0 saturated carbocycles. The average molecular weight is 295 g/mol. The smallest absolute Gasteiger partial charge is 0.294 e. The van der Waals surface area contributed by atoms with Crippen LogP contribution < -0.4 is 5.69 Å². The largest absolute Gasteiger partial charge is 0.343 e. The highest BCUT2D eigenvalue weighted by Gasteiger charge is 2.16. The van der Waals surface area contributed by atoms with Crippen LogP contribution in [0.15, 0.2) is 27.0 Å². The summed E-state index contributed by atoms with van der Waals surface area (Å²) in [6.07, 6.45) is 0. The first kappa shape index (κ1) is 14.5. The fourth-order valence-electron chi connectivity index (χ4n) is 1.77. The molecule has 1 aromatic carbocycles. The molecule has 0 aliphatic heterocycles. The standard InChI is InChI=1S/C13H14FN3O2S/c1-4-17-12(19)15-16-13(17)20-11-5-7(2)10(14)6-9(11)8(3)18/h5-6H,4H2,1-3H3,(H,15,19). The van der Waals surface area contributed by atoms with E-state index in [-0.39, 0.29) is 17.0 Å². The van der Waals surface area contributed by atoms with Crippen LogP contribution in [0.5, 0.6) is 0 Å². The molecule has 0 amide bonds. The number of carbonyl (C=O) groups is 1. The molecule has 7 heteroatoms. The second-order valence-corrected chi connectivity index (χ2v) is 5.32. The van der Waals surface area contributed by atoms with Crippen LogP contribution in [0.2, 0.25) is 0 Å². The lowest BCUT2D eigenvalue weighted by molar-refractivity contribution is 0.101. The molecule has 0 spiro atoms. The monoisotopic (exact) mass is 295 g/mol. The Labute approximate surface area is 119 Å². The van der Waals surface area contributed by atoms with Crippen LogP contribution in [0.1, 0.15) is 29.8 Å². The Bertz CT molecular complexity index is 721. The van der Waals surface area contributed by atoms with E-state index in [1.54, 1.807) is 13.0 Å². The van der Waals surface area contributed by atoms with E-state index in [0.717, 1.165) is 0 Å². The third-order valence-corrected chi connectivity index (χ3v) is 3.93. The van der Waals surface area contributed by atoms with Gasteiger partial charge in [-0.2, -0.15) is 0 Å². The Balaban J connectivity index is 2.50. The summed E-state index contributed by atoms with van der Waals surface area (Å²) in [5.74, 6) is -0.651. The number of hydrogen-bond acceptors (Lipinski definition) is 4. The Hall–Kier alpha value is -1.89. The lowest BCUT2D eigenvalue weighted by Crippen LogP contribution is -2.16. The third-order valence-electron chi connectivity index (χ3n) is 2.88. The number of Topliss-reactive ketones (excluding diaryl/α,β-unsaturated/α-hetero) is 1.